The van der Waals surface area contributed by atoms with Gasteiger partial charge < -0.3 is 24.6 Å². The fraction of sp³-hybridized carbons (Fsp3) is 0.379. The van der Waals surface area contributed by atoms with Crippen LogP contribution in [0.2, 0.25) is 5.02 Å². The molecule has 35 heavy (non-hydrogen) atoms. The van der Waals surface area contributed by atoms with Crippen molar-refractivity contribution in [1.29, 1.82) is 0 Å². The minimum Gasteiger partial charge on any atom is -0.494 e. The van der Waals surface area contributed by atoms with Gasteiger partial charge in [0.25, 0.3) is 0 Å². The maximum absolute atomic E-state index is 10.6. The predicted molar refractivity (Wildman–Crippen MR) is 140 cm³/mol. The molecule has 1 aliphatic rings. The molecule has 3 aromatic carbocycles. The number of halogens is 1. The monoisotopic (exact) mass is 495 g/mol. The molecule has 2 N–H and O–H groups in total. The van der Waals surface area contributed by atoms with Crippen molar-refractivity contribution < 1.29 is 19.3 Å². The number of hydrogen-bond donors (Lipinski definition) is 2. The van der Waals surface area contributed by atoms with E-state index in [-0.39, 0.29) is 12.2 Å². The zero-order chi connectivity index (χ0) is 24.6. The molecule has 3 unspecified atom stereocenters. The van der Waals surface area contributed by atoms with Gasteiger partial charge in [-0.15, -0.1) is 0 Å². The van der Waals surface area contributed by atoms with Crippen LogP contribution in [-0.4, -0.2) is 37.6 Å². The highest BCUT2D eigenvalue weighted by atomic mass is 35.5. The van der Waals surface area contributed by atoms with Crippen molar-refractivity contribution >= 4 is 17.3 Å². The largest absolute Gasteiger partial charge is 0.494 e. The molecule has 0 radical (unpaired) electrons. The van der Waals surface area contributed by atoms with Gasteiger partial charge in [0.2, 0.25) is 0 Å². The fourth-order valence-corrected chi connectivity index (χ4v) is 4.71. The van der Waals surface area contributed by atoms with Crippen LogP contribution in [-0.2, 0) is 22.5 Å². The third kappa shape index (κ3) is 7.21. The lowest BCUT2D eigenvalue weighted by Crippen LogP contribution is -2.35. The summed E-state index contributed by atoms with van der Waals surface area (Å²) in [7, 11) is 1.69. The summed E-state index contributed by atoms with van der Waals surface area (Å²) in [4.78, 5) is 0. The summed E-state index contributed by atoms with van der Waals surface area (Å²) in [6, 6.07) is 22.3. The second kappa shape index (κ2) is 12.4. The van der Waals surface area contributed by atoms with Gasteiger partial charge in [-0.1, -0.05) is 48.0 Å². The van der Waals surface area contributed by atoms with Crippen LogP contribution in [0.15, 0.2) is 66.7 Å². The first kappa shape index (κ1) is 25.5. The molecule has 1 heterocycles. The van der Waals surface area contributed by atoms with Crippen molar-refractivity contribution in [3.8, 4) is 5.75 Å². The quantitative estimate of drug-likeness (QED) is 0.352. The van der Waals surface area contributed by atoms with Crippen molar-refractivity contribution in [2.24, 2.45) is 0 Å². The van der Waals surface area contributed by atoms with Crippen molar-refractivity contribution in [3.05, 3.63) is 94.0 Å². The normalized spacial score (nSPS) is 19.9. The van der Waals surface area contributed by atoms with Crippen LogP contribution < -0.4 is 10.1 Å². The minimum atomic E-state index is -0.411. The fourth-order valence-electron chi connectivity index (χ4n) is 4.53. The summed E-state index contributed by atoms with van der Waals surface area (Å²) < 4.78 is 17.2. The van der Waals surface area contributed by atoms with Crippen LogP contribution in [0, 0.1) is 0 Å². The lowest BCUT2D eigenvalue weighted by atomic mass is 9.93. The number of nitrogens with one attached hydrogen (secondary N) is 1. The molecular weight excluding hydrogens is 462 g/mol. The number of benzene rings is 3. The molecule has 1 saturated heterocycles. The third-order valence-corrected chi connectivity index (χ3v) is 6.59. The Morgan fingerprint density at radius 3 is 2.63 bits per heavy atom. The van der Waals surface area contributed by atoms with Crippen molar-refractivity contribution in [2.45, 2.75) is 51.1 Å². The molecular formula is C29H34ClNO4. The molecule has 6 heteroatoms. The van der Waals surface area contributed by atoms with E-state index >= 15 is 0 Å². The molecule has 0 amide bonds. The van der Waals surface area contributed by atoms with Crippen molar-refractivity contribution in [3.63, 3.8) is 0 Å². The lowest BCUT2D eigenvalue weighted by Gasteiger charge is -2.34. The molecule has 0 spiro atoms. The lowest BCUT2D eigenvalue weighted by molar-refractivity contribution is -0.0916. The van der Waals surface area contributed by atoms with Gasteiger partial charge in [0.05, 0.1) is 31.5 Å². The number of aliphatic hydroxyl groups excluding tert-OH is 1. The average molecular weight is 496 g/mol. The average Bonchev–Trinajstić information content (AvgIpc) is 2.86. The Hall–Kier alpha value is -2.57. The zero-order valence-corrected chi connectivity index (χ0v) is 21.1. The first-order valence-corrected chi connectivity index (χ1v) is 12.6. The van der Waals surface area contributed by atoms with Crippen molar-refractivity contribution in [2.75, 3.05) is 25.6 Å². The van der Waals surface area contributed by atoms with E-state index in [4.69, 9.17) is 25.8 Å². The van der Waals surface area contributed by atoms with Gasteiger partial charge in [-0.3, -0.25) is 0 Å². The minimum absolute atomic E-state index is 0.0972. The van der Waals surface area contributed by atoms with Gasteiger partial charge in [-0.2, -0.15) is 0 Å². The van der Waals surface area contributed by atoms with Gasteiger partial charge in [0.15, 0.2) is 0 Å². The summed E-state index contributed by atoms with van der Waals surface area (Å²) in [6.45, 7) is 3.82. The Morgan fingerprint density at radius 2 is 1.86 bits per heavy atom. The maximum atomic E-state index is 10.6. The number of methoxy groups -OCH3 is 1. The molecule has 3 atom stereocenters. The molecule has 4 rings (SSSR count). The molecule has 1 fully saturated rings. The third-order valence-electron chi connectivity index (χ3n) is 6.22. The molecule has 0 bridgehead atoms. The maximum Gasteiger partial charge on any atom is 0.119 e. The van der Waals surface area contributed by atoms with Crippen LogP contribution >= 0.6 is 11.6 Å². The van der Waals surface area contributed by atoms with Crippen LogP contribution in [0.25, 0.3) is 0 Å². The summed E-state index contributed by atoms with van der Waals surface area (Å²) in [5.74, 6) is 0.866. The van der Waals surface area contributed by atoms with Crippen molar-refractivity contribution in [1.82, 2.24) is 0 Å². The predicted octanol–water partition coefficient (Wildman–Crippen LogP) is 6.17. The molecule has 0 aromatic heterocycles. The van der Waals surface area contributed by atoms with E-state index in [2.05, 4.69) is 29.6 Å². The first-order valence-electron chi connectivity index (χ1n) is 12.2. The number of hydrogen-bond acceptors (Lipinski definition) is 5. The Labute approximate surface area is 213 Å². The molecule has 3 aromatic rings. The molecule has 1 aliphatic heterocycles. The van der Waals surface area contributed by atoms with Crippen LogP contribution in [0.4, 0.5) is 5.69 Å². The second-order valence-corrected chi connectivity index (χ2v) is 9.40. The van der Waals surface area contributed by atoms with E-state index < -0.39 is 6.10 Å². The highest BCUT2D eigenvalue weighted by Crippen LogP contribution is 2.34. The molecule has 5 nitrogen and oxygen atoms in total. The number of ether oxygens (including phenoxy) is 3. The molecule has 0 saturated carbocycles. The van der Waals surface area contributed by atoms with Crippen LogP contribution in [0.3, 0.4) is 0 Å². The standard InChI is InChI=1S/C29H34ClNO4/c1-3-34-26-10-7-20(8-11-26)13-23-15-22(9-12-28(23)30)29-17-25(32)16-27(35-29)18-31-24-6-4-5-21(14-24)19-33-2/h4-12,14-15,25,27,29,31-32H,3,13,16-19H2,1-2H3. The smallest absolute Gasteiger partial charge is 0.119 e. The Balaban J connectivity index is 1.41. The topological polar surface area (TPSA) is 60.0 Å². The van der Waals surface area contributed by atoms with Crippen LogP contribution in [0.5, 0.6) is 5.75 Å². The van der Waals surface area contributed by atoms with Gasteiger partial charge in [0.1, 0.15) is 5.75 Å². The Morgan fingerprint density at radius 1 is 1.03 bits per heavy atom. The molecule has 0 aliphatic carbocycles. The van der Waals surface area contributed by atoms with E-state index in [9.17, 15) is 5.11 Å². The highest BCUT2D eigenvalue weighted by Gasteiger charge is 2.29. The van der Waals surface area contributed by atoms with E-state index in [1.54, 1.807) is 7.11 Å². The first-order chi connectivity index (χ1) is 17.0. The van der Waals surface area contributed by atoms with Gasteiger partial charge in [-0.25, -0.2) is 0 Å². The van der Waals surface area contributed by atoms with E-state index in [0.717, 1.165) is 45.1 Å². The number of aliphatic hydroxyl groups is 1. The van der Waals surface area contributed by atoms with Gasteiger partial charge >= 0.3 is 0 Å². The number of anilines is 1. The van der Waals surface area contributed by atoms with Crippen LogP contribution in [0.1, 0.15) is 48.1 Å². The Bertz CT molecular complexity index is 1090. The zero-order valence-electron chi connectivity index (χ0n) is 20.4. The summed E-state index contributed by atoms with van der Waals surface area (Å²) in [5, 5.41) is 14.8. The second-order valence-electron chi connectivity index (χ2n) is 8.99. The summed E-state index contributed by atoms with van der Waals surface area (Å²) in [5.41, 5.74) is 5.38. The SMILES string of the molecule is CCOc1ccc(Cc2cc(C3CC(O)CC(CNc4cccc(COC)c4)O3)ccc2Cl)cc1. The summed E-state index contributed by atoms with van der Waals surface area (Å²) >= 11 is 6.54. The molecule has 186 valence electrons. The van der Waals surface area contributed by atoms with Gasteiger partial charge in [-0.05, 0) is 65.9 Å². The highest BCUT2D eigenvalue weighted by molar-refractivity contribution is 6.31. The van der Waals surface area contributed by atoms with E-state index in [1.807, 2.05) is 49.4 Å². The summed E-state index contributed by atoms with van der Waals surface area (Å²) in [6.07, 6.45) is 1.21. The Kier molecular flexibility index (Phi) is 9.05. The van der Waals surface area contributed by atoms with E-state index in [1.165, 1.54) is 0 Å². The number of rotatable bonds is 10. The van der Waals surface area contributed by atoms with Gasteiger partial charge in [0, 0.05) is 37.2 Å². The van der Waals surface area contributed by atoms with E-state index in [0.29, 0.717) is 32.6 Å².